The van der Waals surface area contributed by atoms with E-state index in [0.717, 1.165) is 0 Å². The molecule has 0 aromatic carbocycles. The largest absolute Gasteiger partial charge is 0.315 e. The molecule has 1 heterocycles. The molecule has 2 amide bonds. The van der Waals surface area contributed by atoms with E-state index < -0.39 is 26.4 Å². The van der Waals surface area contributed by atoms with Crippen LogP contribution in [-0.4, -0.2) is 36.2 Å². The van der Waals surface area contributed by atoms with E-state index in [1.165, 1.54) is 9.80 Å². The van der Waals surface area contributed by atoms with Gasteiger partial charge < -0.3 is 0 Å². The quantitative estimate of drug-likeness (QED) is 0.374. The SMILES string of the molecule is CC(C)(C)N1C(=O)C(=O)N(C(C)(C)C)C1(Br)Br. The van der Waals surface area contributed by atoms with Crippen LogP contribution in [-0.2, 0) is 9.59 Å². The van der Waals surface area contributed by atoms with Gasteiger partial charge in [0.1, 0.15) is 0 Å². The second kappa shape index (κ2) is 3.95. The second-order valence-electron chi connectivity index (χ2n) is 6.13. The maximum absolute atomic E-state index is 12.1. The molecule has 0 spiro atoms. The van der Waals surface area contributed by atoms with E-state index in [0.29, 0.717) is 0 Å². The molecule has 0 N–H and O–H groups in total. The molecule has 1 rings (SSSR count). The lowest BCUT2D eigenvalue weighted by Crippen LogP contribution is -2.56. The molecule has 0 saturated carbocycles. The van der Waals surface area contributed by atoms with Gasteiger partial charge in [0, 0.05) is 11.1 Å². The zero-order valence-corrected chi connectivity index (χ0v) is 14.1. The molecule has 1 saturated heterocycles. The first-order valence-electron chi connectivity index (χ1n) is 5.38. The summed E-state index contributed by atoms with van der Waals surface area (Å²) in [5, 5.41) is 0. The zero-order chi connectivity index (χ0) is 13.8. The molecule has 0 radical (unpaired) electrons. The van der Waals surface area contributed by atoms with Gasteiger partial charge in [-0.3, -0.25) is 19.4 Å². The molecule has 17 heavy (non-hydrogen) atoms. The number of hydrogen-bond acceptors (Lipinski definition) is 2. The van der Waals surface area contributed by atoms with Crippen LogP contribution in [0.25, 0.3) is 0 Å². The Labute approximate surface area is 119 Å². The molecule has 1 aliphatic heterocycles. The number of carbonyl (C=O) groups excluding carboxylic acids is 2. The molecule has 0 aromatic heterocycles. The van der Waals surface area contributed by atoms with Crippen molar-refractivity contribution in [2.45, 2.75) is 56.1 Å². The van der Waals surface area contributed by atoms with Crippen molar-refractivity contribution in [1.29, 1.82) is 0 Å². The fraction of sp³-hybridized carbons (Fsp3) is 0.818. The Kier molecular flexibility index (Phi) is 3.47. The molecule has 0 atom stereocenters. The smallest absolute Gasteiger partial charge is 0.288 e. The molecule has 0 aromatic rings. The monoisotopic (exact) mass is 368 g/mol. The summed E-state index contributed by atoms with van der Waals surface area (Å²) in [6.45, 7) is 11.3. The van der Waals surface area contributed by atoms with Gasteiger partial charge >= 0.3 is 11.8 Å². The molecule has 4 nitrogen and oxygen atoms in total. The Balaban J connectivity index is 3.34. The Morgan fingerprint density at radius 3 is 1.18 bits per heavy atom. The summed E-state index contributed by atoms with van der Waals surface area (Å²) in [6.07, 6.45) is 0. The van der Waals surface area contributed by atoms with E-state index in [-0.39, 0.29) is 0 Å². The predicted molar refractivity (Wildman–Crippen MR) is 73.8 cm³/mol. The van der Waals surface area contributed by atoms with E-state index in [4.69, 9.17) is 0 Å². The van der Waals surface area contributed by atoms with Crippen LogP contribution in [0.2, 0.25) is 0 Å². The van der Waals surface area contributed by atoms with Crippen molar-refractivity contribution in [2.24, 2.45) is 0 Å². The summed E-state index contributed by atoms with van der Waals surface area (Å²) in [6, 6.07) is 0. The lowest BCUT2D eigenvalue weighted by Gasteiger charge is -2.45. The molecule has 0 aliphatic carbocycles. The lowest BCUT2D eigenvalue weighted by molar-refractivity contribution is -0.146. The number of amides is 2. The number of hydrogen-bond donors (Lipinski definition) is 0. The van der Waals surface area contributed by atoms with Gasteiger partial charge in [0.2, 0.25) is 3.48 Å². The van der Waals surface area contributed by atoms with Gasteiger partial charge in [0.25, 0.3) is 0 Å². The van der Waals surface area contributed by atoms with Gasteiger partial charge in [-0.15, -0.1) is 0 Å². The molecular weight excluding hydrogens is 352 g/mol. The minimum atomic E-state index is -0.968. The maximum atomic E-state index is 12.1. The summed E-state index contributed by atoms with van der Waals surface area (Å²) in [5.41, 5.74) is -0.917. The standard InChI is InChI=1S/C11H18Br2N2O2/c1-9(2,3)14-7(16)8(17)15(10(4,5)6)11(14,12)13/h1-6H3. The second-order valence-corrected chi connectivity index (χ2v) is 9.41. The molecule has 0 bridgehead atoms. The first-order valence-corrected chi connectivity index (χ1v) is 6.96. The Bertz CT molecular complexity index is 333. The summed E-state index contributed by atoms with van der Waals surface area (Å²) in [4.78, 5) is 27.2. The third-order valence-electron chi connectivity index (χ3n) is 2.47. The normalized spacial score (nSPS) is 21.4. The van der Waals surface area contributed by atoms with Crippen LogP contribution < -0.4 is 0 Å². The average Bonchev–Trinajstić information content (AvgIpc) is 2.13. The average molecular weight is 370 g/mol. The number of rotatable bonds is 0. The first-order chi connectivity index (χ1) is 7.31. The van der Waals surface area contributed by atoms with E-state index in [1.54, 1.807) is 0 Å². The summed E-state index contributed by atoms with van der Waals surface area (Å²) < 4.78 is -0.968. The van der Waals surface area contributed by atoms with Gasteiger partial charge in [-0.1, -0.05) is 0 Å². The molecule has 1 fully saturated rings. The van der Waals surface area contributed by atoms with Crippen LogP contribution in [0, 0.1) is 0 Å². The molecule has 1 aliphatic rings. The maximum Gasteiger partial charge on any atom is 0.315 e. The fourth-order valence-corrected chi connectivity index (χ4v) is 4.72. The topological polar surface area (TPSA) is 40.6 Å². The van der Waals surface area contributed by atoms with E-state index in [9.17, 15) is 9.59 Å². The van der Waals surface area contributed by atoms with Crippen molar-refractivity contribution in [3.8, 4) is 0 Å². The van der Waals surface area contributed by atoms with Gasteiger partial charge in [0.15, 0.2) is 0 Å². The summed E-state index contributed by atoms with van der Waals surface area (Å²) in [7, 11) is 0. The summed E-state index contributed by atoms with van der Waals surface area (Å²) in [5.74, 6) is -0.998. The molecule has 6 heteroatoms. The minimum Gasteiger partial charge on any atom is -0.288 e. The Morgan fingerprint density at radius 1 is 0.824 bits per heavy atom. The Morgan fingerprint density at radius 2 is 1.06 bits per heavy atom. The van der Waals surface area contributed by atoms with Gasteiger partial charge in [-0.25, -0.2) is 0 Å². The third kappa shape index (κ3) is 2.38. The highest BCUT2D eigenvalue weighted by molar-refractivity contribution is 9.25. The van der Waals surface area contributed by atoms with Crippen LogP contribution in [0.4, 0.5) is 0 Å². The first kappa shape index (κ1) is 15.0. The molecular formula is C11H18Br2N2O2. The van der Waals surface area contributed by atoms with Crippen molar-refractivity contribution < 1.29 is 9.59 Å². The van der Waals surface area contributed by atoms with Crippen LogP contribution in [0.5, 0.6) is 0 Å². The third-order valence-corrected chi connectivity index (χ3v) is 3.89. The van der Waals surface area contributed by atoms with Gasteiger partial charge in [-0.2, -0.15) is 0 Å². The zero-order valence-electron chi connectivity index (χ0n) is 11.0. The Hall–Kier alpha value is -0.100. The fourth-order valence-electron chi connectivity index (χ4n) is 1.95. The predicted octanol–water partition coefficient (Wildman–Crippen LogP) is 2.66. The lowest BCUT2D eigenvalue weighted by atomic mass is 10.1. The van der Waals surface area contributed by atoms with Crippen molar-refractivity contribution in [2.75, 3.05) is 0 Å². The summed E-state index contributed by atoms with van der Waals surface area (Å²) >= 11 is 6.91. The van der Waals surface area contributed by atoms with Crippen LogP contribution >= 0.6 is 31.9 Å². The van der Waals surface area contributed by atoms with E-state index in [2.05, 4.69) is 31.9 Å². The van der Waals surface area contributed by atoms with Gasteiger partial charge in [-0.05, 0) is 73.4 Å². The van der Waals surface area contributed by atoms with Crippen LogP contribution in [0.15, 0.2) is 0 Å². The van der Waals surface area contributed by atoms with Crippen molar-refractivity contribution in [3.63, 3.8) is 0 Å². The molecule has 0 unspecified atom stereocenters. The number of nitrogens with zero attached hydrogens (tertiary/aromatic N) is 2. The van der Waals surface area contributed by atoms with Crippen molar-refractivity contribution in [1.82, 2.24) is 9.80 Å². The minimum absolute atomic E-state index is 0.459. The van der Waals surface area contributed by atoms with Crippen LogP contribution in [0.3, 0.4) is 0 Å². The highest BCUT2D eigenvalue weighted by Gasteiger charge is 2.60. The van der Waals surface area contributed by atoms with E-state index >= 15 is 0 Å². The highest BCUT2D eigenvalue weighted by atomic mass is 79.9. The molecule has 98 valence electrons. The van der Waals surface area contributed by atoms with Crippen molar-refractivity contribution >= 4 is 43.7 Å². The number of carbonyl (C=O) groups is 2. The van der Waals surface area contributed by atoms with Crippen LogP contribution in [0.1, 0.15) is 41.5 Å². The number of alkyl halides is 2. The number of halogens is 2. The van der Waals surface area contributed by atoms with E-state index in [1.807, 2.05) is 41.5 Å². The van der Waals surface area contributed by atoms with Crippen molar-refractivity contribution in [3.05, 3.63) is 0 Å². The highest BCUT2D eigenvalue weighted by Crippen LogP contribution is 2.47. The van der Waals surface area contributed by atoms with Gasteiger partial charge in [0.05, 0.1) is 0 Å².